The van der Waals surface area contributed by atoms with Crippen LogP contribution in [0.25, 0.3) is 0 Å². The molecule has 18 heavy (non-hydrogen) atoms. The van der Waals surface area contributed by atoms with Gasteiger partial charge < -0.3 is 10.6 Å². The maximum absolute atomic E-state index is 5.95. The molecule has 0 saturated carbocycles. The number of aromatic nitrogens is 2. The zero-order valence-corrected chi connectivity index (χ0v) is 11.2. The molecule has 3 rings (SSSR count). The number of fused-ring (bicyclic) bond motifs is 1. The summed E-state index contributed by atoms with van der Waals surface area (Å²) in [5.74, 6) is 0.931. The lowest BCUT2D eigenvalue weighted by Gasteiger charge is -2.31. The van der Waals surface area contributed by atoms with Gasteiger partial charge in [0.2, 0.25) is 5.95 Å². The highest BCUT2D eigenvalue weighted by Crippen LogP contribution is 2.25. The Labute approximate surface area is 109 Å². The first-order chi connectivity index (χ1) is 8.74. The Morgan fingerprint density at radius 2 is 1.83 bits per heavy atom. The number of aryl methyl sites for hydroxylation is 2. The molecule has 1 aromatic rings. The average molecular weight is 246 g/mol. The van der Waals surface area contributed by atoms with Crippen LogP contribution in [0.3, 0.4) is 0 Å². The number of anilines is 1. The monoisotopic (exact) mass is 246 g/mol. The number of nitrogens with zero attached hydrogens (tertiary/aromatic N) is 3. The first-order valence-corrected chi connectivity index (χ1v) is 7.11. The summed E-state index contributed by atoms with van der Waals surface area (Å²) < 4.78 is 0. The Kier molecular flexibility index (Phi) is 3.20. The van der Waals surface area contributed by atoms with E-state index < -0.39 is 0 Å². The molecular weight excluding hydrogens is 224 g/mol. The third-order valence-electron chi connectivity index (χ3n) is 4.20. The zero-order valence-electron chi connectivity index (χ0n) is 11.2. The SMILES string of the molecule is Cc1nc(N2CCC(N)CC2)nc2c1CCCC2. The Bertz CT molecular complexity index is 436. The molecule has 1 saturated heterocycles. The smallest absolute Gasteiger partial charge is 0.225 e. The Hall–Kier alpha value is -1.16. The van der Waals surface area contributed by atoms with Crippen molar-refractivity contribution in [3.05, 3.63) is 17.0 Å². The normalized spacial score (nSPS) is 20.9. The fourth-order valence-corrected chi connectivity index (χ4v) is 3.01. The number of nitrogens with two attached hydrogens (primary N) is 1. The second-order valence-electron chi connectivity index (χ2n) is 5.57. The minimum absolute atomic E-state index is 0.361. The van der Waals surface area contributed by atoms with E-state index in [4.69, 9.17) is 15.7 Å². The van der Waals surface area contributed by atoms with Gasteiger partial charge in [-0.1, -0.05) is 0 Å². The zero-order chi connectivity index (χ0) is 12.5. The van der Waals surface area contributed by atoms with E-state index in [9.17, 15) is 0 Å². The topological polar surface area (TPSA) is 55.0 Å². The van der Waals surface area contributed by atoms with Gasteiger partial charge in [-0.25, -0.2) is 9.97 Å². The van der Waals surface area contributed by atoms with Crippen LogP contribution in [0.5, 0.6) is 0 Å². The second-order valence-corrected chi connectivity index (χ2v) is 5.57. The summed E-state index contributed by atoms with van der Waals surface area (Å²) in [6, 6.07) is 0.361. The molecule has 1 aromatic heterocycles. The van der Waals surface area contributed by atoms with Gasteiger partial charge in [0.15, 0.2) is 0 Å². The van der Waals surface area contributed by atoms with Crippen molar-refractivity contribution >= 4 is 5.95 Å². The van der Waals surface area contributed by atoms with E-state index in [2.05, 4.69) is 11.8 Å². The van der Waals surface area contributed by atoms with Crippen LogP contribution in [0.15, 0.2) is 0 Å². The van der Waals surface area contributed by atoms with E-state index in [1.54, 1.807) is 0 Å². The highest BCUT2D eigenvalue weighted by atomic mass is 15.3. The van der Waals surface area contributed by atoms with Crippen molar-refractivity contribution in [1.29, 1.82) is 0 Å². The molecule has 0 amide bonds. The predicted molar refractivity (Wildman–Crippen MR) is 72.8 cm³/mol. The summed E-state index contributed by atoms with van der Waals surface area (Å²) in [5, 5.41) is 0. The van der Waals surface area contributed by atoms with E-state index >= 15 is 0 Å². The van der Waals surface area contributed by atoms with Crippen molar-refractivity contribution in [2.75, 3.05) is 18.0 Å². The molecule has 0 aromatic carbocycles. The van der Waals surface area contributed by atoms with Gasteiger partial charge in [-0.15, -0.1) is 0 Å². The van der Waals surface area contributed by atoms with Crippen LogP contribution in [0.1, 0.15) is 42.6 Å². The first-order valence-electron chi connectivity index (χ1n) is 7.11. The molecule has 0 spiro atoms. The number of hydrogen-bond donors (Lipinski definition) is 1. The van der Waals surface area contributed by atoms with Gasteiger partial charge in [0.25, 0.3) is 0 Å². The van der Waals surface area contributed by atoms with Gasteiger partial charge >= 0.3 is 0 Å². The van der Waals surface area contributed by atoms with Gasteiger partial charge in [-0.2, -0.15) is 0 Å². The van der Waals surface area contributed by atoms with Crippen molar-refractivity contribution in [1.82, 2.24) is 9.97 Å². The molecule has 0 atom stereocenters. The van der Waals surface area contributed by atoms with Gasteiger partial charge in [0, 0.05) is 30.5 Å². The van der Waals surface area contributed by atoms with Crippen LogP contribution in [-0.2, 0) is 12.8 Å². The molecular formula is C14H22N4. The van der Waals surface area contributed by atoms with Crippen LogP contribution >= 0.6 is 0 Å². The van der Waals surface area contributed by atoms with Crippen LogP contribution in [0, 0.1) is 6.92 Å². The molecule has 98 valence electrons. The summed E-state index contributed by atoms with van der Waals surface area (Å²) in [6.07, 6.45) is 6.95. The maximum atomic E-state index is 5.95. The summed E-state index contributed by atoms with van der Waals surface area (Å²) in [5.41, 5.74) is 9.83. The van der Waals surface area contributed by atoms with E-state index in [1.807, 2.05) is 0 Å². The highest BCUT2D eigenvalue weighted by molar-refractivity contribution is 5.38. The molecule has 0 bridgehead atoms. The Morgan fingerprint density at radius 1 is 1.11 bits per heavy atom. The first kappa shape index (κ1) is 11.9. The fourth-order valence-electron chi connectivity index (χ4n) is 3.01. The molecule has 2 aliphatic rings. The molecule has 1 aliphatic carbocycles. The predicted octanol–water partition coefficient (Wildman–Crippen LogP) is 1.59. The number of hydrogen-bond acceptors (Lipinski definition) is 4. The van der Waals surface area contributed by atoms with E-state index in [0.29, 0.717) is 6.04 Å². The quantitative estimate of drug-likeness (QED) is 0.817. The molecule has 0 radical (unpaired) electrons. The Morgan fingerprint density at radius 3 is 2.61 bits per heavy atom. The maximum Gasteiger partial charge on any atom is 0.225 e. The minimum Gasteiger partial charge on any atom is -0.341 e. The highest BCUT2D eigenvalue weighted by Gasteiger charge is 2.21. The van der Waals surface area contributed by atoms with E-state index in [-0.39, 0.29) is 0 Å². The summed E-state index contributed by atoms with van der Waals surface area (Å²) in [7, 11) is 0. The van der Waals surface area contributed by atoms with Gasteiger partial charge in [0.1, 0.15) is 0 Å². The van der Waals surface area contributed by atoms with Crippen molar-refractivity contribution < 1.29 is 0 Å². The lowest BCUT2D eigenvalue weighted by Crippen LogP contribution is -2.40. The summed E-state index contributed by atoms with van der Waals surface area (Å²) in [6.45, 7) is 4.13. The van der Waals surface area contributed by atoms with Crippen molar-refractivity contribution in [2.24, 2.45) is 5.73 Å². The molecule has 1 fully saturated rings. The van der Waals surface area contributed by atoms with Crippen molar-refractivity contribution in [2.45, 2.75) is 51.5 Å². The largest absolute Gasteiger partial charge is 0.341 e. The van der Waals surface area contributed by atoms with E-state index in [0.717, 1.165) is 44.7 Å². The summed E-state index contributed by atoms with van der Waals surface area (Å²) >= 11 is 0. The lowest BCUT2D eigenvalue weighted by molar-refractivity contribution is 0.494. The molecule has 0 unspecified atom stereocenters. The Balaban J connectivity index is 1.86. The van der Waals surface area contributed by atoms with Gasteiger partial charge in [-0.05, 0) is 51.0 Å². The molecule has 2 heterocycles. The molecule has 4 heteroatoms. The van der Waals surface area contributed by atoms with Crippen molar-refractivity contribution in [3.63, 3.8) is 0 Å². The standard InChI is InChI=1S/C14H22N4/c1-10-12-4-2-3-5-13(12)17-14(16-10)18-8-6-11(15)7-9-18/h11H,2-9,15H2,1H3. The lowest BCUT2D eigenvalue weighted by atomic mass is 9.95. The average Bonchev–Trinajstić information content (AvgIpc) is 2.39. The minimum atomic E-state index is 0.361. The molecule has 4 nitrogen and oxygen atoms in total. The van der Waals surface area contributed by atoms with Gasteiger partial charge in [0.05, 0.1) is 0 Å². The van der Waals surface area contributed by atoms with Crippen molar-refractivity contribution in [3.8, 4) is 0 Å². The fraction of sp³-hybridized carbons (Fsp3) is 0.714. The second kappa shape index (κ2) is 4.84. The molecule has 1 aliphatic heterocycles. The summed E-state index contributed by atoms with van der Waals surface area (Å²) in [4.78, 5) is 11.8. The van der Waals surface area contributed by atoms with E-state index in [1.165, 1.54) is 29.8 Å². The van der Waals surface area contributed by atoms with Gasteiger partial charge in [-0.3, -0.25) is 0 Å². The van der Waals surface area contributed by atoms with Crippen LogP contribution in [-0.4, -0.2) is 29.1 Å². The number of rotatable bonds is 1. The van der Waals surface area contributed by atoms with Crippen LogP contribution in [0.2, 0.25) is 0 Å². The number of piperidine rings is 1. The van der Waals surface area contributed by atoms with Crippen LogP contribution < -0.4 is 10.6 Å². The third-order valence-corrected chi connectivity index (χ3v) is 4.20. The molecule has 2 N–H and O–H groups in total. The van der Waals surface area contributed by atoms with Crippen LogP contribution in [0.4, 0.5) is 5.95 Å². The third kappa shape index (κ3) is 2.21.